The summed E-state index contributed by atoms with van der Waals surface area (Å²) in [5, 5.41) is 7.15. The van der Waals surface area contributed by atoms with Gasteiger partial charge in [0.1, 0.15) is 0 Å². The van der Waals surface area contributed by atoms with Gasteiger partial charge < -0.3 is 15.5 Å². The molecule has 31 heavy (non-hydrogen) atoms. The van der Waals surface area contributed by atoms with Gasteiger partial charge in [-0.2, -0.15) is 0 Å². The molecule has 0 radical (unpaired) electrons. The molecule has 6 heteroatoms. The highest BCUT2D eigenvalue weighted by Gasteiger charge is 2.32. The van der Waals surface area contributed by atoms with Crippen molar-refractivity contribution in [1.29, 1.82) is 0 Å². The molecule has 2 N–H and O–H groups in total. The molecule has 2 atom stereocenters. The molecule has 170 valence electrons. The first-order chi connectivity index (χ1) is 15.1. The van der Waals surface area contributed by atoms with Crippen LogP contribution < -0.4 is 10.6 Å². The second-order valence-electron chi connectivity index (χ2n) is 9.52. The molecule has 0 spiro atoms. The third-order valence-corrected chi connectivity index (χ3v) is 7.28. The molecule has 1 amide bonds. The Bertz CT molecular complexity index is 750. The summed E-state index contributed by atoms with van der Waals surface area (Å²) < 4.78 is 0. The van der Waals surface area contributed by atoms with E-state index in [1.807, 2.05) is 7.05 Å². The van der Waals surface area contributed by atoms with Gasteiger partial charge in [-0.3, -0.25) is 14.7 Å². The largest absolute Gasteiger partial charge is 0.354 e. The Hall–Kier alpha value is -2.08. The van der Waals surface area contributed by atoms with Gasteiger partial charge >= 0.3 is 0 Å². The summed E-state index contributed by atoms with van der Waals surface area (Å²) in [6.45, 7) is 6.95. The number of benzene rings is 1. The zero-order valence-electron chi connectivity index (χ0n) is 19.3. The van der Waals surface area contributed by atoms with Crippen LogP contribution in [-0.4, -0.2) is 67.5 Å². The van der Waals surface area contributed by atoms with Crippen molar-refractivity contribution < 1.29 is 4.79 Å². The van der Waals surface area contributed by atoms with Crippen LogP contribution in [0.25, 0.3) is 0 Å². The number of aliphatic imine (C=N–C) groups is 1. The average Bonchev–Trinajstić information content (AvgIpc) is 3.56. The number of likely N-dealkylation sites (tertiary alicyclic amines) is 2. The van der Waals surface area contributed by atoms with Crippen molar-refractivity contribution in [3.63, 3.8) is 0 Å². The second kappa shape index (κ2) is 10.5. The number of amides is 1. The Kier molecular flexibility index (Phi) is 7.49. The fourth-order valence-electron chi connectivity index (χ4n) is 5.39. The van der Waals surface area contributed by atoms with Crippen LogP contribution in [0.1, 0.15) is 62.1 Å². The van der Waals surface area contributed by atoms with Crippen LogP contribution in [0.5, 0.6) is 0 Å². The third-order valence-electron chi connectivity index (χ3n) is 7.28. The van der Waals surface area contributed by atoms with E-state index in [0.717, 1.165) is 57.9 Å². The number of carbonyl (C=O) groups excluding carboxylic acids is 1. The van der Waals surface area contributed by atoms with Crippen molar-refractivity contribution in [3.8, 4) is 0 Å². The highest BCUT2D eigenvalue weighted by atomic mass is 16.2. The molecule has 1 saturated carbocycles. The highest BCUT2D eigenvalue weighted by molar-refractivity contribution is 5.81. The van der Waals surface area contributed by atoms with Crippen molar-refractivity contribution in [2.75, 3.05) is 39.8 Å². The predicted molar refractivity (Wildman–Crippen MR) is 126 cm³/mol. The summed E-state index contributed by atoms with van der Waals surface area (Å²) in [6, 6.07) is 9.58. The minimum Gasteiger partial charge on any atom is -0.354 e. The van der Waals surface area contributed by atoms with E-state index in [4.69, 9.17) is 0 Å². The lowest BCUT2D eigenvalue weighted by Gasteiger charge is -2.29. The molecule has 2 heterocycles. The van der Waals surface area contributed by atoms with Crippen LogP contribution >= 0.6 is 0 Å². The van der Waals surface area contributed by atoms with Crippen molar-refractivity contribution in [3.05, 3.63) is 35.4 Å². The summed E-state index contributed by atoms with van der Waals surface area (Å²) in [5.41, 5.74) is 2.66. The van der Waals surface area contributed by atoms with E-state index in [1.54, 1.807) is 0 Å². The maximum atomic E-state index is 12.7. The molecule has 2 saturated heterocycles. The van der Waals surface area contributed by atoms with Gasteiger partial charge in [0, 0.05) is 38.6 Å². The van der Waals surface area contributed by atoms with Crippen molar-refractivity contribution in [2.24, 2.45) is 10.9 Å². The normalized spacial score (nSPS) is 24.0. The van der Waals surface area contributed by atoms with Crippen LogP contribution in [0.4, 0.5) is 0 Å². The van der Waals surface area contributed by atoms with E-state index in [1.165, 1.54) is 36.8 Å². The average molecular weight is 426 g/mol. The van der Waals surface area contributed by atoms with Crippen LogP contribution in [0, 0.1) is 12.8 Å². The van der Waals surface area contributed by atoms with Gasteiger partial charge in [0.15, 0.2) is 5.96 Å². The van der Waals surface area contributed by atoms with E-state index in [0.29, 0.717) is 11.9 Å². The summed E-state index contributed by atoms with van der Waals surface area (Å²) in [6.07, 6.45) is 8.13. The number of hydrogen-bond acceptors (Lipinski definition) is 3. The summed E-state index contributed by atoms with van der Waals surface area (Å²) >= 11 is 0. The fraction of sp³-hybridized carbons (Fsp3) is 0.680. The number of rotatable bonds is 6. The van der Waals surface area contributed by atoms with E-state index < -0.39 is 0 Å². The Morgan fingerprint density at radius 1 is 1.06 bits per heavy atom. The molecule has 0 aromatic heterocycles. The van der Waals surface area contributed by atoms with Crippen LogP contribution in [0.15, 0.2) is 29.3 Å². The molecule has 6 nitrogen and oxygen atoms in total. The molecule has 4 rings (SSSR count). The Morgan fingerprint density at radius 2 is 1.77 bits per heavy atom. The number of guanidine groups is 1. The monoisotopic (exact) mass is 425 g/mol. The first-order valence-electron chi connectivity index (χ1n) is 12.2. The van der Waals surface area contributed by atoms with Gasteiger partial charge in [0.05, 0.1) is 6.04 Å². The molecular weight excluding hydrogens is 386 g/mol. The van der Waals surface area contributed by atoms with Crippen LogP contribution in [-0.2, 0) is 4.79 Å². The van der Waals surface area contributed by atoms with Crippen molar-refractivity contribution in [2.45, 2.75) is 64.0 Å². The van der Waals surface area contributed by atoms with E-state index in [2.05, 4.69) is 56.6 Å². The van der Waals surface area contributed by atoms with E-state index >= 15 is 0 Å². The zero-order valence-corrected chi connectivity index (χ0v) is 19.3. The molecule has 1 aromatic rings. The maximum absolute atomic E-state index is 12.7. The molecule has 2 aliphatic heterocycles. The van der Waals surface area contributed by atoms with Crippen molar-refractivity contribution in [1.82, 2.24) is 20.4 Å². The second-order valence-corrected chi connectivity index (χ2v) is 9.52. The number of nitrogens with zero attached hydrogens (tertiary/aromatic N) is 3. The third kappa shape index (κ3) is 5.59. The van der Waals surface area contributed by atoms with Gasteiger partial charge in [0.2, 0.25) is 5.91 Å². The smallest absolute Gasteiger partial charge is 0.225 e. The molecule has 3 fully saturated rings. The molecular formula is C25H39N5O. The summed E-state index contributed by atoms with van der Waals surface area (Å²) in [4.78, 5) is 21.9. The Labute approximate surface area is 187 Å². The maximum Gasteiger partial charge on any atom is 0.225 e. The number of aryl methyl sites for hydroxylation is 1. The SMILES string of the molecule is CN=C(NCC(c1ccc(C)cc1)N1CCCC1)NC1CCN(C(=O)C2CCCC2)C1. The number of hydrogen-bond donors (Lipinski definition) is 2. The zero-order chi connectivity index (χ0) is 21.6. The lowest BCUT2D eigenvalue weighted by atomic mass is 10.0. The highest BCUT2D eigenvalue weighted by Crippen LogP contribution is 2.28. The van der Waals surface area contributed by atoms with Gasteiger partial charge in [-0.25, -0.2) is 0 Å². The summed E-state index contributed by atoms with van der Waals surface area (Å²) in [5.74, 6) is 1.49. The standard InChI is InChI=1S/C25H39N5O/c1-19-9-11-20(12-10-19)23(29-14-5-6-15-29)17-27-25(26-2)28-22-13-16-30(18-22)24(31)21-7-3-4-8-21/h9-12,21-23H,3-8,13-18H2,1-2H3,(H2,26,27,28). The molecule has 1 aliphatic carbocycles. The molecule has 0 bridgehead atoms. The number of nitrogens with one attached hydrogen (secondary N) is 2. The fourth-order valence-corrected chi connectivity index (χ4v) is 5.39. The quantitative estimate of drug-likeness (QED) is 0.543. The van der Waals surface area contributed by atoms with Gasteiger partial charge in [0.25, 0.3) is 0 Å². The summed E-state index contributed by atoms with van der Waals surface area (Å²) in [7, 11) is 1.84. The van der Waals surface area contributed by atoms with Gasteiger partial charge in [-0.05, 0) is 57.7 Å². The minimum absolute atomic E-state index is 0.270. The van der Waals surface area contributed by atoms with E-state index in [-0.39, 0.29) is 12.0 Å². The first-order valence-corrected chi connectivity index (χ1v) is 12.2. The number of carbonyl (C=O) groups is 1. The molecule has 1 aromatic carbocycles. The van der Waals surface area contributed by atoms with Crippen LogP contribution in [0.3, 0.4) is 0 Å². The predicted octanol–water partition coefficient (Wildman–Crippen LogP) is 3.09. The van der Waals surface area contributed by atoms with Gasteiger partial charge in [-0.15, -0.1) is 0 Å². The first kappa shape index (κ1) is 22.1. The van der Waals surface area contributed by atoms with Crippen LogP contribution in [0.2, 0.25) is 0 Å². The minimum atomic E-state index is 0.270. The Balaban J connectivity index is 1.31. The lowest BCUT2D eigenvalue weighted by Crippen LogP contribution is -2.47. The van der Waals surface area contributed by atoms with Crippen molar-refractivity contribution >= 4 is 11.9 Å². The molecule has 2 unspecified atom stereocenters. The molecule has 3 aliphatic rings. The van der Waals surface area contributed by atoms with Gasteiger partial charge in [-0.1, -0.05) is 42.7 Å². The lowest BCUT2D eigenvalue weighted by molar-refractivity contribution is -0.134. The van der Waals surface area contributed by atoms with E-state index in [9.17, 15) is 4.79 Å². The topological polar surface area (TPSA) is 60.0 Å². The Morgan fingerprint density at radius 3 is 2.45 bits per heavy atom.